The van der Waals surface area contributed by atoms with Gasteiger partial charge < -0.3 is 11.5 Å². The predicted molar refractivity (Wildman–Crippen MR) is 37.5 cm³/mol. The number of amidine groups is 1. The van der Waals surface area contributed by atoms with Crippen molar-refractivity contribution in [1.29, 1.82) is 5.41 Å². The lowest BCUT2D eigenvalue weighted by Gasteiger charge is -1.95. The standard InChI is InChI=1S/C5H7N5/c6-3-1-2-9-5(10-3)4(7)8/h1-2H,(H3,7,8)(H2,6,9,10). The summed E-state index contributed by atoms with van der Waals surface area (Å²) in [6, 6.07) is 1.53. The Labute approximate surface area is 57.6 Å². The number of aromatic nitrogens is 2. The molecule has 0 unspecified atom stereocenters. The maximum Gasteiger partial charge on any atom is 0.196 e. The molecule has 1 heterocycles. The Hall–Kier alpha value is -1.65. The normalized spacial score (nSPS) is 9.20. The highest BCUT2D eigenvalue weighted by molar-refractivity contribution is 5.91. The second kappa shape index (κ2) is 2.30. The van der Waals surface area contributed by atoms with Gasteiger partial charge in [0.15, 0.2) is 11.7 Å². The molecule has 5 N–H and O–H groups in total. The molecular weight excluding hydrogens is 130 g/mol. The summed E-state index contributed by atoms with van der Waals surface area (Å²) in [7, 11) is 0. The summed E-state index contributed by atoms with van der Waals surface area (Å²) >= 11 is 0. The van der Waals surface area contributed by atoms with Gasteiger partial charge in [-0.3, -0.25) is 5.41 Å². The first-order valence-electron chi connectivity index (χ1n) is 2.63. The molecule has 0 fully saturated rings. The average molecular weight is 137 g/mol. The quantitative estimate of drug-likeness (QED) is 0.353. The zero-order chi connectivity index (χ0) is 7.56. The minimum atomic E-state index is -0.174. The zero-order valence-corrected chi connectivity index (χ0v) is 5.20. The minimum absolute atomic E-state index is 0.167. The molecule has 0 aromatic carbocycles. The second-order valence-electron chi connectivity index (χ2n) is 1.72. The maximum atomic E-state index is 6.93. The molecule has 0 aliphatic heterocycles. The van der Waals surface area contributed by atoms with Crippen molar-refractivity contribution in [1.82, 2.24) is 9.97 Å². The molecule has 0 aliphatic carbocycles. The maximum absolute atomic E-state index is 6.93. The van der Waals surface area contributed by atoms with Crippen molar-refractivity contribution in [2.24, 2.45) is 5.73 Å². The number of nitrogen functional groups attached to an aromatic ring is 2. The lowest BCUT2D eigenvalue weighted by Crippen LogP contribution is -2.15. The largest absolute Gasteiger partial charge is 0.384 e. The molecule has 1 rings (SSSR count). The van der Waals surface area contributed by atoms with Gasteiger partial charge in [-0.05, 0) is 6.07 Å². The van der Waals surface area contributed by atoms with E-state index in [1.54, 1.807) is 0 Å². The van der Waals surface area contributed by atoms with Gasteiger partial charge in [0.05, 0.1) is 0 Å². The highest BCUT2D eigenvalue weighted by atomic mass is 15.0. The van der Waals surface area contributed by atoms with Crippen LogP contribution in [0.1, 0.15) is 5.82 Å². The van der Waals surface area contributed by atoms with Crippen LogP contribution in [0.25, 0.3) is 0 Å². The molecule has 0 saturated heterocycles. The first-order valence-corrected chi connectivity index (χ1v) is 2.63. The van der Waals surface area contributed by atoms with Crippen molar-refractivity contribution in [3.8, 4) is 0 Å². The molecule has 0 saturated carbocycles. The molecule has 52 valence electrons. The second-order valence-corrected chi connectivity index (χ2v) is 1.72. The third-order valence-corrected chi connectivity index (χ3v) is 0.918. The van der Waals surface area contributed by atoms with Crippen molar-refractivity contribution >= 4 is 11.7 Å². The third-order valence-electron chi connectivity index (χ3n) is 0.918. The zero-order valence-electron chi connectivity index (χ0n) is 5.20. The smallest absolute Gasteiger partial charge is 0.196 e. The van der Waals surface area contributed by atoms with E-state index in [4.69, 9.17) is 16.9 Å². The van der Waals surface area contributed by atoms with Crippen molar-refractivity contribution in [2.45, 2.75) is 0 Å². The fraction of sp³-hybridized carbons (Fsp3) is 0. The average Bonchev–Trinajstić information content (AvgIpc) is 1.88. The van der Waals surface area contributed by atoms with Gasteiger partial charge in [-0.2, -0.15) is 0 Å². The Morgan fingerprint density at radius 1 is 1.60 bits per heavy atom. The van der Waals surface area contributed by atoms with E-state index >= 15 is 0 Å². The summed E-state index contributed by atoms with van der Waals surface area (Å²) in [6.45, 7) is 0. The number of hydrogen-bond donors (Lipinski definition) is 3. The van der Waals surface area contributed by atoms with Crippen LogP contribution in [0.2, 0.25) is 0 Å². The van der Waals surface area contributed by atoms with Gasteiger partial charge in [-0.25, -0.2) is 9.97 Å². The SMILES string of the molecule is N=C(N)c1nccc(N)n1. The van der Waals surface area contributed by atoms with Gasteiger partial charge in [-0.1, -0.05) is 0 Å². The fourth-order valence-electron chi connectivity index (χ4n) is 0.502. The van der Waals surface area contributed by atoms with Crippen LogP contribution in [0.4, 0.5) is 5.82 Å². The first-order chi connectivity index (χ1) is 4.70. The van der Waals surface area contributed by atoms with Crippen LogP contribution in [0.3, 0.4) is 0 Å². The van der Waals surface area contributed by atoms with Crippen LogP contribution < -0.4 is 11.5 Å². The molecule has 0 radical (unpaired) electrons. The van der Waals surface area contributed by atoms with Gasteiger partial charge in [-0.15, -0.1) is 0 Å². The number of rotatable bonds is 1. The van der Waals surface area contributed by atoms with E-state index in [0.717, 1.165) is 0 Å². The first kappa shape index (κ1) is 6.47. The molecule has 5 nitrogen and oxygen atoms in total. The van der Waals surface area contributed by atoms with Crippen LogP contribution in [0.5, 0.6) is 0 Å². The van der Waals surface area contributed by atoms with E-state index < -0.39 is 0 Å². The molecule has 1 aromatic rings. The third kappa shape index (κ3) is 1.19. The Bertz CT molecular complexity index is 256. The van der Waals surface area contributed by atoms with Gasteiger partial charge in [0.1, 0.15) is 5.82 Å². The van der Waals surface area contributed by atoms with E-state index in [1.807, 2.05) is 0 Å². The van der Waals surface area contributed by atoms with E-state index in [0.29, 0.717) is 5.82 Å². The summed E-state index contributed by atoms with van der Waals surface area (Å²) in [6.07, 6.45) is 1.46. The summed E-state index contributed by atoms with van der Waals surface area (Å²) in [5.74, 6) is 0.313. The van der Waals surface area contributed by atoms with Gasteiger partial charge >= 0.3 is 0 Å². The van der Waals surface area contributed by atoms with E-state index in [2.05, 4.69) is 9.97 Å². The summed E-state index contributed by atoms with van der Waals surface area (Å²) in [4.78, 5) is 7.39. The highest BCUT2D eigenvalue weighted by Crippen LogP contribution is 1.93. The number of nitrogens with two attached hydrogens (primary N) is 2. The molecule has 5 heteroatoms. The number of anilines is 1. The van der Waals surface area contributed by atoms with Crippen molar-refractivity contribution in [3.05, 3.63) is 18.1 Å². The number of nitrogens with zero attached hydrogens (tertiary/aromatic N) is 2. The highest BCUT2D eigenvalue weighted by Gasteiger charge is 1.97. The van der Waals surface area contributed by atoms with Crippen LogP contribution in [0, 0.1) is 5.41 Å². The lowest BCUT2D eigenvalue weighted by molar-refractivity contribution is 1.12. The minimum Gasteiger partial charge on any atom is -0.384 e. The van der Waals surface area contributed by atoms with Crippen LogP contribution >= 0.6 is 0 Å². The van der Waals surface area contributed by atoms with Gasteiger partial charge in [0, 0.05) is 6.20 Å². The van der Waals surface area contributed by atoms with E-state index in [9.17, 15) is 0 Å². The molecule has 0 amide bonds. The number of hydrogen-bond acceptors (Lipinski definition) is 4. The molecule has 0 bridgehead atoms. The van der Waals surface area contributed by atoms with E-state index in [-0.39, 0.29) is 11.7 Å². The summed E-state index contributed by atoms with van der Waals surface area (Å²) < 4.78 is 0. The lowest BCUT2D eigenvalue weighted by atomic mass is 10.5. The summed E-state index contributed by atoms with van der Waals surface area (Å²) in [5.41, 5.74) is 10.4. The Morgan fingerprint density at radius 2 is 2.30 bits per heavy atom. The molecular formula is C5H7N5. The Morgan fingerprint density at radius 3 is 2.70 bits per heavy atom. The molecule has 0 spiro atoms. The van der Waals surface area contributed by atoms with Gasteiger partial charge in [0.25, 0.3) is 0 Å². The number of nitrogens with one attached hydrogen (secondary N) is 1. The molecule has 1 aromatic heterocycles. The summed E-state index contributed by atoms with van der Waals surface area (Å²) in [5, 5.41) is 6.93. The van der Waals surface area contributed by atoms with Crippen LogP contribution in [0.15, 0.2) is 12.3 Å². The van der Waals surface area contributed by atoms with E-state index in [1.165, 1.54) is 12.3 Å². The van der Waals surface area contributed by atoms with Crippen LogP contribution in [-0.4, -0.2) is 15.8 Å². The Balaban J connectivity index is 3.07. The van der Waals surface area contributed by atoms with Crippen LogP contribution in [-0.2, 0) is 0 Å². The monoisotopic (exact) mass is 137 g/mol. The fourth-order valence-corrected chi connectivity index (χ4v) is 0.502. The van der Waals surface area contributed by atoms with Crippen molar-refractivity contribution in [2.75, 3.05) is 5.73 Å². The van der Waals surface area contributed by atoms with Gasteiger partial charge in [0.2, 0.25) is 0 Å². The predicted octanol–water partition coefficient (Wildman–Crippen LogP) is -0.657. The molecule has 0 atom stereocenters. The van der Waals surface area contributed by atoms with Crippen molar-refractivity contribution in [3.63, 3.8) is 0 Å². The Kier molecular flexibility index (Phi) is 1.49. The molecule has 10 heavy (non-hydrogen) atoms. The topological polar surface area (TPSA) is 102 Å². The molecule has 0 aliphatic rings. The van der Waals surface area contributed by atoms with Crippen molar-refractivity contribution < 1.29 is 0 Å².